The number of anilines is 1. The Morgan fingerprint density at radius 3 is 2.61 bits per heavy atom. The van der Waals surface area contributed by atoms with E-state index >= 15 is 0 Å². The lowest BCUT2D eigenvalue weighted by Crippen LogP contribution is -2.33. The quantitative estimate of drug-likeness (QED) is 0.617. The molecule has 2 N–H and O–H groups in total. The van der Waals surface area contributed by atoms with Crippen LogP contribution in [-0.4, -0.2) is 23.1 Å². The Bertz CT molecular complexity index is 715. The molecule has 1 aromatic heterocycles. The number of pyridine rings is 1. The van der Waals surface area contributed by atoms with Crippen molar-refractivity contribution in [2.75, 3.05) is 12.4 Å². The number of carbonyl (C=O) groups excluding carboxylic acids is 1. The fraction of sp³-hybridized carbons (Fsp3) is 0.0625. The van der Waals surface area contributed by atoms with Crippen LogP contribution in [0, 0.1) is 0 Å². The molecule has 0 saturated heterocycles. The summed E-state index contributed by atoms with van der Waals surface area (Å²) in [6, 6.07) is 10.9. The molecular formula is C16H14BrN3O2S. The number of nitrogens with one attached hydrogen (secondary N) is 2. The molecule has 0 spiro atoms. The van der Waals surface area contributed by atoms with E-state index in [1.165, 1.54) is 6.08 Å². The predicted molar refractivity (Wildman–Crippen MR) is 98.3 cm³/mol. The summed E-state index contributed by atoms with van der Waals surface area (Å²) < 4.78 is 5.94. The van der Waals surface area contributed by atoms with E-state index in [9.17, 15) is 4.79 Å². The van der Waals surface area contributed by atoms with Gasteiger partial charge in [-0.1, -0.05) is 12.1 Å². The molecule has 0 aliphatic carbocycles. The maximum atomic E-state index is 11.8. The van der Waals surface area contributed by atoms with Gasteiger partial charge in [-0.15, -0.1) is 0 Å². The summed E-state index contributed by atoms with van der Waals surface area (Å²) in [6.07, 6.45) is 4.73. The number of hydrogen-bond acceptors (Lipinski definition) is 4. The minimum atomic E-state index is -0.324. The van der Waals surface area contributed by atoms with Gasteiger partial charge in [0.1, 0.15) is 11.6 Å². The smallest absolute Gasteiger partial charge is 0.250 e. The van der Waals surface area contributed by atoms with Gasteiger partial charge in [0.25, 0.3) is 0 Å². The van der Waals surface area contributed by atoms with Gasteiger partial charge in [-0.2, -0.15) is 0 Å². The van der Waals surface area contributed by atoms with E-state index in [1.807, 2.05) is 30.3 Å². The first-order valence-electron chi connectivity index (χ1n) is 6.62. The first-order chi connectivity index (χ1) is 11.1. The first kappa shape index (κ1) is 17.1. The normalized spacial score (nSPS) is 10.3. The lowest BCUT2D eigenvalue weighted by atomic mass is 10.2. The molecular weight excluding hydrogens is 378 g/mol. The topological polar surface area (TPSA) is 63.2 Å². The van der Waals surface area contributed by atoms with E-state index in [4.69, 9.17) is 17.0 Å². The monoisotopic (exact) mass is 391 g/mol. The van der Waals surface area contributed by atoms with Gasteiger partial charge in [0.05, 0.1) is 7.11 Å². The average molecular weight is 392 g/mol. The van der Waals surface area contributed by atoms with Crippen LogP contribution in [0.25, 0.3) is 6.08 Å². The van der Waals surface area contributed by atoms with Gasteiger partial charge < -0.3 is 10.1 Å². The maximum Gasteiger partial charge on any atom is 0.250 e. The number of hydrogen-bond donors (Lipinski definition) is 2. The third-order valence-corrected chi connectivity index (χ3v) is 3.42. The average Bonchev–Trinajstić information content (AvgIpc) is 2.55. The zero-order valence-electron chi connectivity index (χ0n) is 12.2. The number of carbonyl (C=O) groups is 1. The Morgan fingerprint density at radius 2 is 2.00 bits per heavy atom. The highest BCUT2D eigenvalue weighted by atomic mass is 79.9. The van der Waals surface area contributed by atoms with Gasteiger partial charge in [0, 0.05) is 16.7 Å². The van der Waals surface area contributed by atoms with Crippen LogP contribution < -0.4 is 15.4 Å². The summed E-state index contributed by atoms with van der Waals surface area (Å²) in [5.74, 6) is 0.993. The second-order valence-corrected chi connectivity index (χ2v) is 5.74. The Balaban J connectivity index is 1.86. The van der Waals surface area contributed by atoms with E-state index < -0.39 is 0 Å². The van der Waals surface area contributed by atoms with Crippen LogP contribution in [0.5, 0.6) is 5.75 Å². The fourth-order valence-electron chi connectivity index (χ4n) is 1.64. The van der Waals surface area contributed by atoms with Gasteiger partial charge in [-0.05, 0) is 64.1 Å². The number of nitrogens with zero attached hydrogens (tertiary/aromatic N) is 1. The first-order valence-corrected chi connectivity index (χ1v) is 7.82. The molecule has 0 radical (unpaired) electrons. The van der Waals surface area contributed by atoms with Gasteiger partial charge in [-0.3, -0.25) is 10.1 Å². The summed E-state index contributed by atoms with van der Waals surface area (Å²) in [6.45, 7) is 0. The molecule has 0 bridgehead atoms. The summed E-state index contributed by atoms with van der Waals surface area (Å²) >= 11 is 8.36. The lowest BCUT2D eigenvalue weighted by molar-refractivity contribution is -0.115. The number of benzene rings is 1. The van der Waals surface area contributed by atoms with Crippen molar-refractivity contribution in [3.8, 4) is 5.75 Å². The van der Waals surface area contributed by atoms with Crippen molar-refractivity contribution in [3.63, 3.8) is 0 Å². The van der Waals surface area contributed by atoms with E-state index in [1.54, 1.807) is 25.4 Å². The molecule has 0 saturated carbocycles. The van der Waals surface area contributed by atoms with Gasteiger partial charge >= 0.3 is 0 Å². The summed E-state index contributed by atoms with van der Waals surface area (Å²) in [5.41, 5.74) is 0.884. The minimum Gasteiger partial charge on any atom is -0.497 e. The number of aromatic nitrogens is 1. The third kappa shape index (κ3) is 5.80. The Hall–Kier alpha value is -2.25. The molecule has 1 heterocycles. The summed E-state index contributed by atoms with van der Waals surface area (Å²) in [4.78, 5) is 15.9. The number of amides is 1. The number of halogens is 1. The maximum absolute atomic E-state index is 11.8. The van der Waals surface area contributed by atoms with Gasteiger partial charge in [-0.25, -0.2) is 4.98 Å². The molecule has 2 aromatic rings. The van der Waals surface area contributed by atoms with Gasteiger partial charge in [0.2, 0.25) is 5.91 Å². The van der Waals surface area contributed by atoms with Crippen LogP contribution in [0.4, 0.5) is 5.82 Å². The van der Waals surface area contributed by atoms with Crippen LogP contribution in [-0.2, 0) is 4.79 Å². The van der Waals surface area contributed by atoms with E-state index in [-0.39, 0.29) is 11.0 Å². The number of rotatable bonds is 4. The van der Waals surface area contributed by atoms with Crippen molar-refractivity contribution in [1.29, 1.82) is 0 Å². The van der Waals surface area contributed by atoms with Crippen LogP contribution in [0.2, 0.25) is 0 Å². The lowest BCUT2D eigenvalue weighted by Gasteiger charge is -2.07. The number of thiocarbonyl (C=S) groups is 1. The largest absolute Gasteiger partial charge is 0.497 e. The molecule has 23 heavy (non-hydrogen) atoms. The van der Waals surface area contributed by atoms with E-state index in [0.717, 1.165) is 15.8 Å². The molecule has 2 rings (SSSR count). The van der Waals surface area contributed by atoms with Crippen molar-refractivity contribution >= 4 is 51.1 Å². The van der Waals surface area contributed by atoms with Crippen LogP contribution in [0.15, 0.2) is 53.1 Å². The number of ether oxygens (including phenoxy) is 1. The highest BCUT2D eigenvalue weighted by Gasteiger charge is 2.02. The van der Waals surface area contributed by atoms with Crippen LogP contribution in [0.3, 0.4) is 0 Å². The van der Waals surface area contributed by atoms with Crippen molar-refractivity contribution in [2.45, 2.75) is 0 Å². The molecule has 0 atom stereocenters. The van der Waals surface area contributed by atoms with E-state index in [2.05, 4.69) is 31.5 Å². The Kier molecular flexibility index (Phi) is 6.25. The molecule has 7 heteroatoms. The van der Waals surface area contributed by atoms with Crippen molar-refractivity contribution < 1.29 is 9.53 Å². The zero-order chi connectivity index (χ0) is 16.7. The van der Waals surface area contributed by atoms with Crippen molar-refractivity contribution in [2.24, 2.45) is 0 Å². The molecule has 1 aromatic carbocycles. The summed E-state index contributed by atoms with van der Waals surface area (Å²) in [5, 5.41) is 5.57. The molecule has 0 aliphatic rings. The molecule has 0 aliphatic heterocycles. The predicted octanol–water partition coefficient (Wildman–Crippen LogP) is 3.38. The third-order valence-electron chi connectivity index (χ3n) is 2.75. The minimum absolute atomic E-state index is 0.184. The molecule has 0 fully saturated rings. The molecule has 118 valence electrons. The standard InChI is InChI=1S/C16H14BrN3O2S/c1-22-13-6-2-11(3-7-13)4-9-15(21)20-16(23)19-14-8-5-12(17)10-18-14/h2-10H,1H3,(H2,18,19,20,21,23)/b9-4+. The SMILES string of the molecule is COc1ccc(/C=C/C(=O)NC(=S)Nc2ccc(Br)cn2)cc1. The van der Waals surface area contributed by atoms with Gasteiger partial charge in [0.15, 0.2) is 5.11 Å². The van der Waals surface area contributed by atoms with Crippen molar-refractivity contribution in [3.05, 3.63) is 58.7 Å². The fourth-order valence-corrected chi connectivity index (χ4v) is 2.08. The second-order valence-electron chi connectivity index (χ2n) is 4.41. The zero-order valence-corrected chi connectivity index (χ0v) is 14.6. The Labute approximate surface area is 147 Å². The Morgan fingerprint density at radius 1 is 1.26 bits per heavy atom. The van der Waals surface area contributed by atoms with Crippen LogP contribution >= 0.6 is 28.1 Å². The molecule has 0 unspecified atom stereocenters. The number of methoxy groups -OCH3 is 1. The second kappa shape index (κ2) is 8.40. The van der Waals surface area contributed by atoms with Crippen LogP contribution in [0.1, 0.15) is 5.56 Å². The van der Waals surface area contributed by atoms with Crippen molar-refractivity contribution in [1.82, 2.24) is 10.3 Å². The van der Waals surface area contributed by atoms with E-state index in [0.29, 0.717) is 5.82 Å². The highest BCUT2D eigenvalue weighted by Crippen LogP contribution is 2.12. The molecule has 1 amide bonds. The molecule has 5 nitrogen and oxygen atoms in total. The summed E-state index contributed by atoms with van der Waals surface area (Å²) in [7, 11) is 1.60. The highest BCUT2D eigenvalue weighted by molar-refractivity contribution is 9.10.